The van der Waals surface area contributed by atoms with E-state index in [0.29, 0.717) is 21.4 Å². The van der Waals surface area contributed by atoms with Gasteiger partial charge in [0, 0.05) is 37.1 Å². The van der Waals surface area contributed by atoms with Gasteiger partial charge in [0.05, 0.1) is 29.0 Å². The van der Waals surface area contributed by atoms with Gasteiger partial charge in [-0.2, -0.15) is 13.2 Å². The summed E-state index contributed by atoms with van der Waals surface area (Å²) in [4.78, 5) is 28.7. The molecule has 0 saturated carbocycles. The highest BCUT2D eigenvalue weighted by atomic mass is 35.5. The molecule has 38 heavy (non-hydrogen) atoms. The molecule has 1 saturated heterocycles. The van der Waals surface area contributed by atoms with Crippen molar-refractivity contribution in [2.24, 2.45) is 0 Å². The maximum absolute atomic E-state index is 12.2. The Bertz CT molecular complexity index is 1230. The first kappa shape index (κ1) is 29.4. The van der Waals surface area contributed by atoms with E-state index in [1.54, 1.807) is 37.5 Å². The number of benzene rings is 1. The van der Waals surface area contributed by atoms with E-state index in [9.17, 15) is 18.0 Å². The fourth-order valence-electron chi connectivity index (χ4n) is 3.41. The highest BCUT2D eigenvalue weighted by molar-refractivity contribution is 7.21. The van der Waals surface area contributed by atoms with E-state index < -0.39 is 12.1 Å². The van der Waals surface area contributed by atoms with Crippen molar-refractivity contribution in [1.82, 2.24) is 15.2 Å². The van der Waals surface area contributed by atoms with E-state index in [-0.39, 0.29) is 5.91 Å². The summed E-state index contributed by atoms with van der Waals surface area (Å²) in [6.45, 7) is 5.40. The van der Waals surface area contributed by atoms with Crippen LogP contribution in [0, 0.1) is 0 Å². The molecule has 0 unspecified atom stereocenters. The molecule has 2 aromatic heterocycles. The van der Waals surface area contributed by atoms with Crippen LogP contribution >= 0.6 is 22.9 Å². The standard InChI is InChI=1S/C22H25ClN4O3S.C2HF3O2/c1-24-22(28)19-13-17-18(30-16-5-3-15(23)4-6-16)14-26-21(20(17)31-19)25-7-2-8-27-9-11-29-12-10-27;3-2(4,5)1(6)7/h3-6,13-14H,2,7-12H2,1H3,(H,24,28)(H,25,26);(H,6,7). The van der Waals surface area contributed by atoms with E-state index >= 15 is 0 Å². The predicted molar refractivity (Wildman–Crippen MR) is 139 cm³/mol. The van der Waals surface area contributed by atoms with Gasteiger partial charge in [-0.05, 0) is 43.3 Å². The summed E-state index contributed by atoms with van der Waals surface area (Å²) in [5.74, 6) is -0.862. The number of nitrogens with zero attached hydrogens (tertiary/aromatic N) is 2. The van der Waals surface area contributed by atoms with Crippen molar-refractivity contribution in [1.29, 1.82) is 0 Å². The van der Waals surface area contributed by atoms with Crippen molar-refractivity contribution in [3.05, 3.63) is 46.4 Å². The lowest BCUT2D eigenvalue weighted by atomic mass is 10.2. The Morgan fingerprint density at radius 2 is 1.89 bits per heavy atom. The van der Waals surface area contributed by atoms with Crippen LogP contribution in [0.15, 0.2) is 36.5 Å². The van der Waals surface area contributed by atoms with Crippen LogP contribution < -0.4 is 15.4 Å². The maximum atomic E-state index is 12.2. The minimum Gasteiger partial charge on any atom is -0.475 e. The molecule has 1 aliphatic rings. The van der Waals surface area contributed by atoms with Crippen LogP contribution in [0.1, 0.15) is 16.1 Å². The second-order valence-electron chi connectivity index (χ2n) is 8.00. The van der Waals surface area contributed by atoms with Gasteiger partial charge in [-0.1, -0.05) is 11.6 Å². The van der Waals surface area contributed by atoms with Crippen LogP contribution in [-0.4, -0.2) is 79.5 Å². The largest absolute Gasteiger partial charge is 0.490 e. The van der Waals surface area contributed by atoms with E-state index in [1.807, 2.05) is 6.07 Å². The first-order valence-corrected chi connectivity index (χ1v) is 12.7. The van der Waals surface area contributed by atoms with Gasteiger partial charge in [0.1, 0.15) is 11.6 Å². The molecule has 206 valence electrons. The van der Waals surface area contributed by atoms with E-state index in [1.165, 1.54) is 11.3 Å². The van der Waals surface area contributed by atoms with Gasteiger partial charge in [-0.3, -0.25) is 9.69 Å². The Balaban J connectivity index is 0.000000505. The third kappa shape index (κ3) is 8.45. The second kappa shape index (κ2) is 13.6. The summed E-state index contributed by atoms with van der Waals surface area (Å²) >= 11 is 7.37. The zero-order chi connectivity index (χ0) is 27.7. The number of aliphatic carboxylic acids is 1. The number of halogens is 4. The quantitative estimate of drug-likeness (QED) is 0.327. The van der Waals surface area contributed by atoms with Crippen molar-refractivity contribution in [3.8, 4) is 11.5 Å². The SMILES string of the molecule is CNC(=O)c1cc2c(Oc3ccc(Cl)cc3)cnc(NCCCN3CCOCC3)c2s1.O=C(O)C(F)(F)F. The average molecular weight is 575 g/mol. The Labute approximate surface area is 225 Å². The number of pyridine rings is 1. The molecule has 0 spiro atoms. The smallest absolute Gasteiger partial charge is 0.475 e. The van der Waals surface area contributed by atoms with Crippen LogP contribution in [0.3, 0.4) is 0 Å². The molecular formula is C24H26ClF3N4O5S. The fourth-order valence-corrected chi connectivity index (χ4v) is 4.62. The zero-order valence-corrected chi connectivity index (χ0v) is 21.9. The minimum absolute atomic E-state index is 0.128. The van der Waals surface area contributed by atoms with Gasteiger partial charge in [-0.25, -0.2) is 9.78 Å². The number of aromatic nitrogens is 1. The maximum Gasteiger partial charge on any atom is 0.490 e. The Hall–Kier alpha value is -3.13. The lowest BCUT2D eigenvalue weighted by Gasteiger charge is -2.26. The topological polar surface area (TPSA) is 113 Å². The van der Waals surface area contributed by atoms with Crippen molar-refractivity contribution >= 4 is 50.7 Å². The lowest BCUT2D eigenvalue weighted by molar-refractivity contribution is -0.192. The number of alkyl halides is 3. The second-order valence-corrected chi connectivity index (χ2v) is 9.49. The number of hydrogen-bond acceptors (Lipinski definition) is 8. The summed E-state index contributed by atoms with van der Waals surface area (Å²) < 4.78 is 44.1. The highest BCUT2D eigenvalue weighted by Gasteiger charge is 2.38. The molecular weight excluding hydrogens is 549 g/mol. The van der Waals surface area contributed by atoms with E-state index in [0.717, 1.165) is 61.7 Å². The number of hydrogen-bond donors (Lipinski definition) is 3. The number of morpholine rings is 1. The summed E-state index contributed by atoms with van der Waals surface area (Å²) in [6.07, 6.45) is -2.39. The monoisotopic (exact) mass is 574 g/mol. The highest BCUT2D eigenvalue weighted by Crippen LogP contribution is 2.38. The van der Waals surface area contributed by atoms with E-state index in [4.69, 9.17) is 31.0 Å². The molecule has 1 fully saturated rings. The van der Waals surface area contributed by atoms with Crippen LogP contribution in [0.25, 0.3) is 10.1 Å². The van der Waals surface area contributed by atoms with Gasteiger partial charge < -0.3 is 25.2 Å². The van der Waals surface area contributed by atoms with Crippen molar-refractivity contribution in [2.75, 3.05) is 51.8 Å². The van der Waals surface area contributed by atoms with Crippen molar-refractivity contribution in [3.63, 3.8) is 0 Å². The zero-order valence-electron chi connectivity index (χ0n) is 20.3. The Kier molecular flexibility index (Phi) is 10.5. The number of nitrogens with one attached hydrogen (secondary N) is 2. The number of anilines is 1. The molecule has 3 N–H and O–H groups in total. The molecule has 4 rings (SSSR count). The summed E-state index contributed by atoms with van der Waals surface area (Å²) in [5.41, 5.74) is 0. The molecule has 1 amide bonds. The summed E-state index contributed by atoms with van der Waals surface area (Å²) in [5, 5.41) is 14.7. The van der Waals surface area contributed by atoms with Gasteiger partial charge in [0.25, 0.3) is 5.91 Å². The molecule has 9 nitrogen and oxygen atoms in total. The van der Waals surface area contributed by atoms with Crippen molar-refractivity contribution in [2.45, 2.75) is 12.6 Å². The molecule has 3 aromatic rings. The summed E-state index contributed by atoms with van der Waals surface area (Å²) in [7, 11) is 1.63. The predicted octanol–water partition coefficient (Wildman–Crippen LogP) is 4.87. The van der Waals surface area contributed by atoms with Gasteiger partial charge >= 0.3 is 12.1 Å². The van der Waals surface area contributed by atoms with Gasteiger partial charge in [0.15, 0.2) is 5.75 Å². The molecule has 14 heteroatoms. The Morgan fingerprint density at radius 1 is 1.24 bits per heavy atom. The first-order chi connectivity index (χ1) is 18.1. The number of carboxylic acids is 1. The van der Waals surface area contributed by atoms with Crippen LogP contribution in [0.2, 0.25) is 5.02 Å². The number of ether oxygens (including phenoxy) is 2. The van der Waals surface area contributed by atoms with Gasteiger partial charge in [-0.15, -0.1) is 11.3 Å². The summed E-state index contributed by atoms with van der Waals surface area (Å²) in [6, 6.07) is 9.01. The number of fused-ring (bicyclic) bond motifs is 1. The third-order valence-electron chi connectivity index (χ3n) is 5.31. The van der Waals surface area contributed by atoms with Gasteiger partial charge in [0.2, 0.25) is 0 Å². The number of thiophene rings is 1. The number of carboxylic acid groups (broad SMARTS) is 1. The average Bonchev–Trinajstić information content (AvgIpc) is 3.35. The molecule has 1 aliphatic heterocycles. The number of rotatable bonds is 8. The fraction of sp³-hybridized carbons (Fsp3) is 0.375. The molecule has 0 atom stereocenters. The normalized spacial score (nSPS) is 13.9. The molecule has 0 aliphatic carbocycles. The molecule has 0 bridgehead atoms. The number of carbonyl (C=O) groups is 2. The minimum atomic E-state index is -5.08. The first-order valence-electron chi connectivity index (χ1n) is 11.5. The molecule has 0 radical (unpaired) electrons. The lowest BCUT2D eigenvalue weighted by Crippen LogP contribution is -2.37. The van der Waals surface area contributed by atoms with Crippen molar-refractivity contribution < 1.29 is 37.3 Å². The third-order valence-corrected chi connectivity index (χ3v) is 6.70. The number of carbonyl (C=O) groups excluding carboxylic acids is 1. The van der Waals surface area contributed by atoms with Crippen LogP contribution in [0.5, 0.6) is 11.5 Å². The Morgan fingerprint density at radius 3 is 2.50 bits per heavy atom. The molecule has 1 aromatic carbocycles. The van der Waals surface area contributed by atoms with E-state index in [2.05, 4.69) is 20.5 Å². The number of amides is 1. The van der Waals surface area contributed by atoms with Crippen LogP contribution in [-0.2, 0) is 9.53 Å². The van der Waals surface area contributed by atoms with Crippen LogP contribution in [0.4, 0.5) is 19.0 Å². The molecule has 3 heterocycles.